The van der Waals surface area contributed by atoms with Crippen LogP contribution in [-0.4, -0.2) is 16.8 Å². The van der Waals surface area contributed by atoms with Gasteiger partial charge in [0.15, 0.2) is 5.11 Å². The number of hydrogen-bond acceptors (Lipinski definition) is 1. The number of anilines is 1. The molecule has 172 valence electrons. The van der Waals surface area contributed by atoms with E-state index in [2.05, 4.69) is 117 Å². The van der Waals surface area contributed by atoms with E-state index in [1.54, 1.807) is 0 Å². The second kappa shape index (κ2) is 10.8. The molecule has 1 saturated carbocycles. The quantitative estimate of drug-likeness (QED) is 0.314. The Balaban J connectivity index is 1.55. The molecular formula is C29H35N2PS. The van der Waals surface area contributed by atoms with E-state index in [4.69, 9.17) is 12.2 Å². The van der Waals surface area contributed by atoms with Crippen LogP contribution in [0.2, 0.25) is 0 Å². The Labute approximate surface area is 206 Å². The minimum atomic E-state index is -0.449. The topological polar surface area (TPSA) is 24.1 Å². The molecule has 0 radical (unpaired) electrons. The molecule has 0 bridgehead atoms. The highest BCUT2D eigenvalue weighted by molar-refractivity contribution is 7.80. The maximum absolute atomic E-state index is 5.74. The van der Waals surface area contributed by atoms with Crippen LogP contribution in [0.15, 0.2) is 78.9 Å². The molecule has 1 aliphatic carbocycles. The van der Waals surface area contributed by atoms with Crippen molar-refractivity contribution in [3.63, 3.8) is 0 Å². The number of hydrogen-bond donors (Lipinski definition) is 2. The van der Waals surface area contributed by atoms with Crippen LogP contribution in [0.3, 0.4) is 0 Å². The van der Waals surface area contributed by atoms with Crippen LogP contribution in [0.5, 0.6) is 0 Å². The van der Waals surface area contributed by atoms with Crippen molar-refractivity contribution in [1.29, 1.82) is 0 Å². The first kappa shape index (κ1) is 23.9. The van der Waals surface area contributed by atoms with Gasteiger partial charge in [-0.05, 0) is 105 Å². The van der Waals surface area contributed by atoms with Crippen molar-refractivity contribution in [3.05, 3.63) is 90.0 Å². The van der Waals surface area contributed by atoms with Gasteiger partial charge in [0.05, 0.1) is 0 Å². The van der Waals surface area contributed by atoms with Gasteiger partial charge in [0, 0.05) is 11.7 Å². The van der Waals surface area contributed by atoms with Gasteiger partial charge in [-0.25, -0.2) is 0 Å². The largest absolute Gasteiger partial charge is 0.360 e. The number of thiocarbonyl (C=S) groups is 1. The van der Waals surface area contributed by atoms with E-state index < -0.39 is 7.92 Å². The molecule has 0 aromatic heterocycles. The molecule has 4 heteroatoms. The number of nitrogens with one attached hydrogen (secondary N) is 2. The summed E-state index contributed by atoms with van der Waals surface area (Å²) in [6.07, 6.45) is 2.52. The summed E-state index contributed by atoms with van der Waals surface area (Å²) >= 11 is 5.74. The van der Waals surface area contributed by atoms with E-state index in [0.29, 0.717) is 23.5 Å². The molecule has 1 fully saturated rings. The Morgan fingerprint density at radius 1 is 0.879 bits per heavy atom. The molecular weight excluding hydrogens is 439 g/mol. The zero-order valence-corrected chi connectivity index (χ0v) is 21.8. The van der Waals surface area contributed by atoms with E-state index >= 15 is 0 Å². The monoisotopic (exact) mass is 474 g/mol. The molecule has 0 amide bonds. The molecule has 3 aromatic rings. The van der Waals surface area contributed by atoms with Gasteiger partial charge in [0.1, 0.15) is 0 Å². The van der Waals surface area contributed by atoms with Gasteiger partial charge in [-0.2, -0.15) is 0 Å². The second-order valence-electron chi connectivity index (χ2n) is 9.51. The van der Waals surface area contributed by atoms with Crippen molar-refractivity contribution in [3.8, 4) is 0 Å². The first-order valence-corrected chi connectivity index (χ1v) is 13.8. The van der Waals surface area contributed by atoms with Crippen LogP contribution in [-0.2, 0) is 0 Å². The second-order valence-corrected chi connectivity index (χ2v) is 12.3. The molecule has 3 aromatic carbocycles. The predicted octanol–water partition coefficient (Wildman–Crippen LogP) is 6.53. The zero-order valence-electron chi connectivity index (χ0n) is 20.1. The molecule has 1 unspecified atom stereocenters. The summed E-state index contributed by atoms with van der Waals surface area (Å²) in [5, 5.41) is 10.7. The van der Waals surface area contributed by atoms with Gasteiger partial charge in [0.25, 0.3) is 0 Å². The van der Waals surface area contributed by atoms with Crippen molar-refractivity contribution in [1.82, 2.24) is 5.32 Å². The Morgan fingerprint density at radius 3 is 1.97 bits per heavy atom. The zero-order chi connectivity index (χ0) is 23.4. The third-order valence-electron chi connectivity index (χ3n) is 6.82. The van der Waals surface area contributed by atoms with Crippen LogP contribution in [0.25, 0.3) is 0 Å². The first-order valence-electron chi connectivity index (χ1n) is 12.0. The standard InChI is InChI=1S/C29H35N2PS/c1-20-17-21(2)19-24(18-20)31-29(33)30-23(4)27-16-15-22(3)28(27)32(25-11-7-5-8-12-25)26-13-9-6-10-14-26/h5-14,17-19,22-23,27-28H,15-16H2,1-4H3,(H2,30,31,33)/t22?,23-,27+,28+/m0/s1. The molecule has 2 nitrogen and oxygen atoms in total. The lowest BCUT2D eigenvalue weighted by atomic mass is 9.98. The molecule has 4 atom stereocenters. The highest BCUT2D eigenvalue weighted by atomic mass is 32.1. The fourth-order valence-electron chi connectivity index (χ4n) is 5.41. The van der Waals surface area contributed by atoms with Gasteiger partial charge >= 0.3 is 0 Å². The average molecular weight is 475 g/mol. The van der Waals surface area contributed by atoms with Crippen LogP contribution in [0.4, 0.5) is 5.69 Å². The number of benzene rings is 3. The maximum Gasteiger partial charge on any atom is 0.170 e. The molecule has 33 heavy (non-hydrogen) atoms. The van der Waals surface area contributed by atoms with E-state index in [1.165, 1.54) is 34.6 Å². The van der Waals surface area contributed by atoms with Crippen molar-refractivity contribution in [2.75, 3.05) is 5.32 Å². The third-order valence-corrected chi connectivity index (χ3v) is 10.2. The molecule has 2 N–H and O–H groups in total. The highest BCUT2D eigenvalue weighted by Crippen LogP contribution is 2.53. The van der Waals surface area contributed by atoms with Crippen LogP contribution < -0.4 is 21.2 Å². The van der Waals surface area contributed by atoms with Crippen LogP contribution in [0.1, 0.15) is 37.8 Å². The Kier molecular flexibility index (Phi) is 7.83. The third kappa shape index (κ3) is 5.83. The molecule has 0 spiro atoms. The van der Waals surface area contributed by atoms with Gasteiger partial charge in [-0.15, -0.1) is 0 Å². The van der Waals surface area contributed by atoms with Crippen LogP contribution in [0, 0.1) is 25.7 Å². The van der Waals surface area contributed by atoms with E-state index in [1.807, 2.05) is 0 Å². The SMILES string of the molecule is Cc1cc(C)cc(NC(=S)N[C@@H](C)[C@H]2CCC(C)[C@H]2P(c2ccccc2)c2ccccc2)c1. The average Bonchev–Trinajstić information content (AvgIpc) is 3.16. The fraction of sp³-hybridized carbons (Fsp3) is 0.345. The van der Waals surface area contributed by atoms with Crippen molar-refractivity contribution in [2.45, 2.75) is 52.2 Å². The summed E-state index contributed by atoms with van der Waals surface area (Å²) in [5.41, 5.74) is 4.17. The highest BCUT2D eigenvalue weighted by Gasteiger charge is 2.42. The molecule has 1 aliphatic rings. The Bertz CT molecular complexity index is 1010. The fourth-order valence-corrected chi connectivity index (χ4v) is 9.13. The van der Waals surface area contributed by atoms with Crippen molar-refractivity contribution < 1.29 is 0 Å². The summed E-state index contributed by atoms with van der Waals surface area (Å²) in [7, 11) is -0.449. The lowest BCUT2D eigenvalue weighted by Crippen LogP contribution is -2.44. The van der Waals surface area contributed by atoms with Crippen molar-refractivity contribution in [2.24, 2.45) is 11.8 Å². The summed E-state index contributed by atoms with van der Waals surface area (Å²) in [6.45, 7) is 9.01. The lowest BCUT2D eigenvalue weighted by molar-refractivity contribution is 0.422. The van der Waals surface area contributed by atoms with E-state index in [0.717, 1.165) is 10.8 Å². The molecule has 4 rings (SSSR count). The summed E-state index contributed by atoms with van der Waals surface area (Å²) in [5.74, 6) is 1.26. The van der Waals surface area contributed by atoms with Crippen LogP contribution >= 0.6 is 20.1 Å². The Morgan fingerprint density at radius 2 is 1.42 bits per heavy atom. The normalized spacial score (nSPS) is 21.1. The van der Waals surface area contributed by atoms with E-state index in [9.17, 15) is 0 Å². The predicted molar refractivity (Wildman–Crippen MR) is 149 cm³/mol. The van der Waals surface area contributed by atoms with Gasteiger partial charge in [0.2, 0.25) is 0 Å². The van der Waals surface area contributed by atoms with Gasteiger partial charge < -0.3 is 10.6 Å². The smallest absolute Gasteiger partial charge is 0.170 e. The Hall–Kier alpha value is -2.22. The first-order chi connectivity index (χ1) is 15.9. The lowest BCUT2D eigenvalue weighted by Gasteiger charge is -2.36. The van der Waals surface area contributed by atoms with E-state index in [-0.39, 0.29) is 0 Å². The number of rotatable bonds is 6. The minimum Gasteiger partial charge on any atom is -0.360 e. The molecule has 0 saturated heterocycles. The number of aryl methyl sites for hydroxylation is 2. The molecule has 0 heterocycles. The molecule has 0 aliphatic heterocycles. The van der Waals surface area contributed by atoms with Gasteiger partial charge in [-0.1, -0.05) is 73.7 Å². The van der Waals surface area contributed by atoms with Crippen molar-refractivity contribution >= 4 is 41.5 Å². The minimum absolute atomic E-state index is 0.309. The summed E-state index contributed by atoms with van der Waals surface area (Å²) in [6, 6.07) is 29.1. The van der Waals surface area contributed by atoms with Gasteiger partial charge in [-0.3, -0.25) is 0 Å². The summed E-state index contributed by atoms with van der Waals surface area (Å²) in [4.78, 5) is 0. The summed E-state index contributed by atoms with van der Waals surface area (Å²) < 4.78 is 0. The maximum atomic E-state index is 5.74.